The Hall–Kier alpha value is -4.06. The molecule has 7 rings (SSSR count). The van der Waals surface area contributed by atoms with Gasteiger partial charge in [0.1, 0.15) is 5.78 Å². The Bertz CT molecular complexity index is 1940. The van der Waals surface area contributed by atoms with E-state index in [1.54, 1.807) is 24.3 Å². The third kappa shape index (κ3) is 5.01. The van der Waals surface area contributed by atoms with Crippen molar-refractivity contribution < 1.29 is 26.8 Å². The molecule has 242 valence electrons. The van der Waals surface area contributed by atoms with Crippen LogP contribution in [0.15, 0.2) is 59.4 Å². The van der Waals surface area contributed by atoms with Crippen LogP contribution in [-0.2, 0) is 21.4 Å². The number of amides is 1. The van der Waals surface area contributed by atoms with E-state index in [0.29, 0.717) is 38.2 Å². The van der Waals surface area contributed by atoms with Gasteiger partial charge < -0.3 is 14.8 Å². The first-order valence-corrected chi connectivity index (χ1v) is 17.3. The van der Waals surface area contributed by atoms with Crippen molar-refractivity contribution in [2.24, 2.45) is 22.7 Å². The van der Waals surface area contributed by atoms with E-state index < -0.39 is 38.4 Å². The van der Waals surface area contributed by atoms with E-state index in [1.807, 2.05) is 24.5 Å². The Morgan fingerprint density at radius 3 is 2.52 bits per heavy atom. The van der Waals surface area contributed by atoms with Crippen molar-refractivity contribution in [2.45, 2.75) is 52.0 Å². The number of Topliss-reactive ketones (excluding diaryl/α,β-unsaturated/α-hetero) is 1. The summed E-state index contributed by atoms with van der Waals surface area (Å²) in [5.41, 5.74) is 0.388. The Kier molecular flexibility index (Phi) is 7.15. The van der Waals surface area contributed by atoms with E-state index in [-0.39, 0.29) is 51.8 Å². The minimum Gasteiger partial charge on any atom is -0.369 e. The second-order valence-corrected chi connectivity index (χ2v) is 15.7. The van der Waals surface area contributed by atoms with Gasteiger partial charge in [-0.3, -0.25) is 19.1 Å². The van der Waals surface area contributed by atoms with E-state index in [0.717, 1.165) is 30.7 Å². The van der Waals surface area contributed by atoms with Gasteiger partial charge in [0.25, 0.3) is 11.5 Å². The fourth-order valence-corrected chi connectivity index (χ4v) is 10.4. The minimum absolute atomic E-state index is 0.0169. The number of benzene rings is 2. The van der Waals surface area contributed by atoms with Gasteiger partial charge in [-0.15, -0.1) is 0 Å². The number of fused-ring (bicyclic) bond motifs is 6. The van der Waals surface area contributed by atoms with Gasteiger partial charge in [0.2, 0.25) is 10.0 Å². The summed E-state index contributed by atoms with van der Waals surface area (Å²) in [6.45, 7) is 5.62. The van der Waals surface area contributed by atoms with Crippen LogP contribution >= 0.6 is 0 Å². The van der Waals surface area contributed by atoms with Crippen LogP contribution in [0.2, 0.25) is 0 Å². The van der Waals surface area contributed by atoms with Gasteiger partial charge in [0.05, 0.1) is 22.5 Å². The molecule has 46 heavy (non-hydrogen) atoms. The maximum absolute atomic E-state index is 13.9. The van der Waals surface area contributed by atoms with Gasteiger partial charge in [-0.1, -0.05) is 19.9 Å². The lowest BCUT2D eigenvalue weighted by atomic mass is 9.70. The molecule has 9 nitrogen and oxygen atoms in total. The number of anilines is 3. The lowest BCUT2D eigenvalue weighted by Gasteiger charge is -2.44. The number of carbonyl (C=O) groups is 2. The van der Waals surface area contributed by atoms with Crippen LogP contribution in [0.1, 0.15) is 61.5 Å². The number of halogens is 2. The minimum atomic E-state index is -4.08. The molecular formula is C34H36F2N4O5S. The molecule has 2 saturated carbocycles. The second kappa shape index (κ2) is 10.8. The Morgan fingerprint density at radius 1 is 1.00 bits per heavy atom. The molecule has 2 aliphatic carbocycles. The standard InChI is InChI=1S/C34H36F2N4O5S/c1-33(2)23-10-11-34(33,30(41)14-23)19-46(44,45)38-27-13-21(32(43)37-24-7-8-25(35)26(36)15-24)6-9-29(27)39-16-20-12-22(18-39)28-4-3-5-31(42)40(28)17-20/h3-9,13,15,20,22-23,38H,10-12,14,16-19H2,1-2H3,(H,37,43). The number of nitrogens with one attached hydrogen (secondary N) is 2. The number of hydrogen-bond donors (Lipinski definition) is 2. The summed E-state index contributed by atoms with van der Waals surface area (Å²) in [6.07, 6.45) is 2.60. The summed E-state index contributed by atoms with van der Waals surface area (Å²) in [4.78, 5) is 41.1. The summed E-state index contributed by atoms with van der Waals surface area (Å²) >= 11 is 0. The van der Waals surface area contributed by atoms with Crippen LogP contribution in [0.3, 0.4) is 0 Å². The third-order valence-electron chi connectivity index (χ3n) is 11.1. The SMILES string of the molecule is CC1(C)C2CCC1(CS(=O)(=O)Nc1cc(C(=O)Nc3ccc(F)c(F)c3)ccc1N1CC3CC(C1)c1cccc(=O)n1C3)C(=O)C2. The zero-order valence-electron chi connectivity index (χ0n) is 25.7. The first-order chi connectivity index (χ1) is 21.8. The van der Waals surface area contributed by atoms with Crippen LogP contribution < -0.4 is 20.5 Å². The van der Waals surface area contributed by atoms with E-state index in [1.165, 1.54) is 12.1 Å². The normalized spacial score (nSPS) is 26.1. The Labute approximate surface area is 266 Å². The molecule has 2 N–H and O–H groups in total. The molecule has 1 saturated heterocycles. The fraction of sp³-hybridized carbons (Fsp3) is 0.441. The van der Waals surface area contributed by atoms with Crippen molar-refractivity contribution >= 4 is 38.8 Å². The predicted octanol–water partition coefficient (Wildman–Crippen LogP) is 5.14. The highest BCUT2D eigenvalue weighted by Crippen LogP contribution is 2.64. The topological polar surface area (TPSA) is 118 Å². The summed E-state index contributed by atoms with van der Waals surface area (Å²) in [5, 5.41) is 2.55. The largest absolute Gasteiger partial charge is 0.369 e. The maximum Gasteiger partial charge on any atom is 0.255 e. The monoisotopic (exact) mass is 650 g/mol. The number of aromatic nitrogens is 1. The summed E-state index contributed by atoms with van der Waals surface area (Å²) in [7, 11) is -4.08. The van der Waals surface area contributed by atoms with E-state index >= 15 is 0 Å². The molecule has 12 heteroatoms. The molecule has 3 heterocycles. The number of ketones is 1. The molecule has 4 atom stereocenters. The van der Waals surface area contributed by atoms with Gasteiger partial charge >= 0.3 is 0 Å². The molecule has 1 amide bonds. The molecule has 1 aromatic heterocycles. The number of carbonyl (C=O) groups excluding carboxylic acids is 2. The quantitative estimate of drug-likeness (QED) is 0.366. The van der Waals surface area contributed by atoms with Crippen molar-refractivity contribution in [3.05, 3.63) is 87.8 Å². The van der Waals surface area contributed by atoms with Crippen molar-refractivity contribution in [3.63, 3.8) is 0 Å². The molecule has 3 fully saturated rings. The van der Waals surface area contributed by atoms with Gasteiger partial charge in [-0.2, -0.15) is 0 Å². The zero-order chi connectivity index (χ0) is 32.6. The van der Waals surface area contributed by atoms with Crippen molar-refractivity contribution in [2.75, 3.05) is 33.8 Å². The predicted molar refractivity (Wildman–Crippen MR) is 170 cm³/mol. The average molecular weight is 651 g/mol. The first kappa shape index (κ1) is 30.6. The Morgan fingerprint density at radius 2 is 1.80 bits per heavy atom. The van der Waals surface area contributed by atoms with Crippen LogP contribution in [0.4, 0.5) is 25.8 Å². The highest BCUT2D eigenvalue weighted by Gasteiger charge is 2.65. The number of hydrogen-bond acceptors (Lipinski definition) is 6. The van der Waals surface area contributed by atoms with Crippen LogP contribution in [0.5, 0.6) is 0 Å². The van der Waals surface area contributed by atoms with E-state index in [4.69, 9.17) is 0 Å². The van der Waals surface area contributed by atoms with Crippen molar-refractivity contribution in [3.8, 4) is 0 Å². The molecular weight excluding hydrogens is 614 g/mol. The number of sulfonamides is 1. The zero-order valence-corrected chi connectivity index (χ0v) is 26.5. The van der Waals surface area contributed by atoms with Crippen molar-refractivity contribution in [1.29, 1.82) is 0 Å². The molecule has 3 aromatic rings. The number of rotatable bonds is 7. The van der Waals surface area contributed by atoms with Gasteiger partial charge in [0, 0.05) is 61.1 Å². The molecule has 0 radical (unpaired) electrons. The molecule has 0 spiro atoms. The summed E-state index contributed by atoms with van der Waals surface area (Å²) < 4.78 is 59.7. The lowest BCUT2D eigenvalue weighted by Crippen LogP contribution is -2.47. The number of pyridine rings is 1. The molecule has 4 unspecified atom stereocenters. The van der Waals surface area contributed by atoms with E-state index in [2.05, 4.69) is 14.9 Å². The first-order valence-electron chi connectivity index (χ1n) is 15.7. The summed E-state index contributed by atoms with van der Waals surface area (Å²) in [6, 6.07) is 13.0. The lowest BCUT2D eigenvalue weighted by molar-refractivity contribution is -0.128. The highest BCUT2D eigenvalue weighted by molar-refractivity contribution is 7.92. The van der Waals surface area contributed by atoms with Gasteiger partial charge in [-0.25, -0.2) is 17.2 Å². The molecule has 2 aromatic carbocycles. The second-order valence-electron chi connectivity index (χ2n) is 13.9. The smallest absolute Gasteiger partial charge is 0.255 e. The van der Waals surface area contributed by atoms with Crippen LogP contribution in [0.25, 0.3) is 0 Å². The average Bonchev–Trinajstić information content (AvgIpc) is 3.33. The van der Waals surface area contributed by atoms with Crippen LogP contribution in [-0.4, -0.2) is 43.5 Å². The fourth-order valence-electron chi connectivity index (χ4n) is 8.54. The Balaban J connectivity index is 1.23. The maximum atomic E-state index is 13.9. The van der Waals surface area contributed by atoms with Crippen LogP contribution in [0, 0.1) is 34.3 Å². The van der Waals surface area contributed by atoms with Crippen molar-refractivity contribution in [1.82, 2.24) is 4.57 Å². The molecule has 4 aliphatic rings. The highest BCUT2D eigenvalue weighted by atomic mass is 32.2. The van der Waals surface area contributed by atoms with Gasteiger partial charge in [-0.05, 0) is 72.9 Å². The van der Waals surface area contributed by atoms with E-state index in [9.17, 15) is 31.6 Å². The third-order valence-corrected chi connectivity index (χ3v) is 12.5. The number of nitrogens with zero attached hydrogens (tertiary/aromatic N) is 2. The molecule has 4 bridgehead atoms. The molecule has 2 aliphatic heterocycles. The van der Waals surface area contributed by atoms with Gasteiger partial charge in [0.15, 0.2) is 11.6 Å². The number of piperidine rings is 1. The summed E-state index contributed by atoms with van der Waals surface area (Å²) in [5.74, 6) is -2.81.